The third kappa shape index (κ3) is 5.38. The molecule has 0 radical (unpaired) electrons. The number of ether oxygens (including phenoxy) is 1. The Labute approximate surface area is 186 Å². The molecule has 2 N–H and O–H groups in total. The molecule has 2 aromatic heterocycles. The van der Waals surface area contributed by atoms with Crippen LogP contribution in [0.15, 0.2) is 53.1 Å². The number of H-pyrrole nitrogens is 1. The van der Waals surface area contributed by atoms with Gasteiger partial charge in [-0.05, 0) is 55.7 Å². The molecule has 1 aliphatic heterocycles. The summed E-state index contributed by atoms with van der Waals surface area (Å²) in [5, 5.41) is 9.96. The molecule has 4 rings (SSSR count). The average molecular weight is 437 g/mol. The fraction of sp³-hybridized carbons (Fsp3) is 0.375. The number of benzene rings is 1. The second-order valence-corrected chi connectivity index (χ2v) is 7.88. The van der Waals surface area contributed by atoms with Gasteiger partial charge in [-0.3, -0.25) is 14.7 Å². The van der Waals surface area contributed by atoms with Gasteiger partial charge in [0.2, 0.25) is 5.91 Å². The summed E-state index contributed by atoms with van der Waals surface area (Å²) in [7, 11) is 0. The Balaban J connectivity index is 1.25. The van der Waals surface area contributed by atoms with Crippen molar-refractivity contribution in [2.75, 3.05) is 19.7 Å². The summed E-state index contributed by atoms with van der Waals surface area (Å²) in [5.41, 5.74) is 2.28. The Morgan fingerprint density at radius 3 is 2.69 bits per heavy atom. The first-order chi connectivity index (χ1) is 15.6. The zero-order valence-corrected chi connectivity index (χ0v) is 18.2. The molecule has 8 nitrogen and oxygen atoms in total. The predicted molar refractivity (Wildman–Crippen MR) is 118 cm³/mol. The van der Waals surface area contributed by atoms with Gasteiger partial charge in [0.05, 0.1) is 25.8 Å². The second-order valence-electron chi connectivity index (χ2n) is 7.88. The lowest BCUT2D eigenvalue weighted by molar-refractivity contribution is -0.131. The zero-order valence-electron chi connectivity index (χ0n) is 18.2. The van der Waals surface area contributed by atoms with Gasteiger partial charge in [-0.25, -0.2) is 0 Å². The molecule has 0 atom stereocenters. The van der Waals surface area contributed by atoms with Crippen LogP contribution < -0.4 is 10.1 Å². The fourth-order valence-electron chi connectivity index (χ4n) is 3.93. The number of hydrogen-bond acceptors (Lipinski definition) is 5. The van der Waals surface area contributed by atoms with Crippen molar-refractivity contribution >= 4 is 11.8 Å². The second kappa shape index (κ2) is 10.2. The van der Waals surface area contributed by atoms with E-state index < -0.39 is 0 Å². The zero-order chi connectivity index (χ0) is 22.3. The molecular weight excluding hydrogens is 408 g/mol. The molecule has 1 saturated heterocycles. The van der Waals surface area contributed by atoms with Crippen molar-refractivity contribution in [3.05, 3.63) is 71.4 Å². The Kier molecular flexibility index (Phi) is 6.89. The lowest BCUT2D eigenvalue weighted by atomic mass is 9.93. The highest BCUT2D eigenvalue weighted by Gasteiger charge is 2.25. The number of hydrogen-bond donors (Lipinski definition) is 2. The van der Waals surface area contributed by atoms with E-state index in [1.165, 1.54) is 0 Å². The van der Waals surface area contributed by atoms with Crippen molar-refractivity contribution in [2.45, 2.75) is 38.6 Å². The van der Waals surface area contributed by atoms with E-state index in [4.69, 9.17) is 9.15 Å². The first kappa shape index (κ1) is 21.7. The van der Waals surface area contributed by atoms with Gasteiger partial charge in [-0.1, -0.05) is 12.1 Å². The molecule has 1 aliphatic rings. The lowest BCUT2D eigenvalue weighted by Crippen LogP contribution is -2.38. The maximum absolute atomic E-state index is 12.7. The maximum atomic E-state index is 12.7. The van der Waals surface area contributed by atoms with E-state index in [-0.39, 0.29) is 17.7 Å². The van der Waals surface area contributed by atoms with E-state index in [1.807, 2.05) is 36.1 Å². The average Bonchev–Trinajstić information content (AvgIpc) is 3.52. The molecule has 0 saturated carbocycles. The summed E-state index contributed by atoms with van der Waals surface area (Å²) in [6.45, 7) is 4.28. The summed E-state index contributed by atoms with van der Waals surface area (Å²) >= 11 is 0. The number of aromatic nitrogens is 2. The van der Waals surface area contributed by atoms with E-state index in [2.05, 4.69) is 15.5 Å². The van der Waals surface area contributed by atoms with Gasteiger partial charge in [-0.2, -0.15) is 5.10 Å². The monoisotopic (exact) mass is 436 g/mol. The smallest absolute Gasteiger partial charge is 0.272 e. The number of rotatable bonds is 8. The van der Waals surface area contributed by atoms with Crippen LogP contribution in [0.5, 0.6) is 5.75 Å². The minimum absolute atomic E-state index is 0.134. The van der Waals surface area contributed by atoms with Crippen LogP contribution in [0.4, 0.5) is 0 Å². The molecule has 8 heteroatoms. The Bertz CT molecular complexity index is 1020. The first-order valence-electron chi connectivity index (χ1n) is 11.0. The molecule has 0 spiro atoms. The van der Waals surface area contributed by atoms with Crippen LogP contribution >= 0.6 is 0 Å². The summed E-state index contributed by atoms with van der Waals surface area (Å²) in [6, 6.07) is 13.1. The minimum Gasteiger partial charge on any atom is -0.494 e. The van der Waals surface area contributed by atoms with E-state index in [0.29, 0.717) is 44.1 Å². The lowest BCUT2D eigenvalue weighted by Gasteiger charge is -2.31. The van der Waals surface area contributed by atoms with Gasteiger partial charge in [0.1, 0.15) is 17.2 Å². The largest absolute Gasteiger partial charge is 0.494 e. The molecule has 1 fully saturated rings. The summed E-state index contributed by atoms with van der Waals surface area (Å²) in [6.07, 6.45) is 3.64. The highest BCUT2D eigenvalue weighted by Crippen LogP contribution is 2.27. The van der Waals surface area contributed by atoms with Gasteiger partial charge >= 0.3 is 0 Å². The number of aromatic amines is 1. The van der Waals surface area contributed by atoms with Crippen molar-refractivity contribution in [1.82, 2.24) is 20.4 Å². The first-order valence-corrected chi connectivity index (χ1v) is 11.0. The highest BCUT2D eigenvalue weighted by atomic mass is 16.5. The number of carbonyl (C=O) groups excluding carboxylic acids is 2. The van der Waals surface area contributed by atoms with Crippen molar-refractivity contribution in [1.29, 1.82) is 0 Å². The quantitative estimate of drug-likeness (QED) is 0.564. The number of furan rings is 1. The van der Waals surface area contributed by atoms with Crippen LogP contribution in [-0.4, -0.2) is 46.6 Å². The summed E-state index contributed by atoms with van der Waals surface area (Å²) in [4.78, 5) is 26.9. The molecule has 168 valence electrons. The third-order valence-corrected chi connectivity index (χ3v) is 5.71. The fourth-order valence-corrected chi connectivity index (χ4v) is 3.93. The molecule has 1 aromatic carbocycles. The van der Waals surface area contributed by atoms with Crippen molar-refractivity contribution in [2.24, 2.45) is 0 Å². The van der Waals surface area contributed by atoms with Crippen LogP contribution in [-0.2, 0) is 17.8 Å². The van der Waals surface area contributed by atoms with Crippen LogP contribution in [0.2, 0.25) is 0 Å². The van der Waals surface area contributed by atoms with Crippen molar-refractivity contribution < 1.29 is 18.7 Å². The van der Waals surface area contributed by atoms with Gasteiger partial charge in [-0.15, -0.1) is 0 Å². The number of likely N-dealkylation sites (tertiary alicyclic amines) is 1. The molecule has 0 aliphatic carbocycles. The van der Waals surface area contributed by atoms with Crippen molar-refractivity contribution in [3.63, 3.8) is 0 Å². The molecule has 0 unspecified atom stereocenters. The molecule has 3 aromatic rings. The topological polar surface area (TPSA) is 100 Å². The van der Waals surface area contributed by atoms with Gasteiger partial charge in [0, 0.05) is 24.7 Å². The SMILES string of the molecule is CCOc1ccc(CC(=O)N2CCC(c3cc(C(=O)NCc4ccco4)n[nH]3)CC2)cc1. The number of amides is 2. The predicted octanol–water partition coefficient (Wildman–Crippen LogP) is 3.28. The van der Waals surface area contributed by atoms with E-state index in [1.54, 1.807) is 24.5 Å². The Morgan fingerprint density at radius 1 is 1.22 bits per heavy atom. The third-order valence-electron chi connectivity index (χ3n) is 5.71. The van der Waals surface area contributed by atoms with Gasteiger partial charge < -0.3 is 19.4 Å². The normalized spacial score (nSPS) is 14.3. The number of nitrogens with zero attached hydrogens (tertiary/aromatic N) is 2. The maximum Gasteiger partial charge on any atom is 0.272 e. The minimum atomic E-state index is -0.244. The van der Waals surface area contributed by atoms with Gasteiger partial charge in [0.25, 0.3) is 5.91 Å². The summed E-state index contributed by atoms with van der Waals surface area (Å²) in [5.74, 6) is 1.65. The molecule has 32 heavy (non-hydrogen) atoms. The molecule has 0 bridgehead atoms. The van der Waals surface area contributed by atoms with Crippen LogP contribution in [0.25, 0.3) is 0 Å². The van der Waals surface area contributed by atoms with E-state index in [0.717, 1.165) is 29.8 Å². The number of nitrogens with one attached hydrogen (secondary N) is 2. The number of piperidine rings is 1. The molecule has 2 amide bonds. The standard InChI is InChI=1S/C24H28N4O4/c1-2-31-19-7-5-17(6-8-19)14-23(29)28-11-9-18(10-12-28)21-15-22(27-26-21)24(30)25-16-20-4-3-13-32-20/h3-8,13,15,18H,2,9-12,14,16H2,1H3,(H,25,30)(H,26,27). The van der Waals surface area contributed by atoms with Crippen molar-refractivity contribution in [3.8, 4) is 5.75 Å². The van der Waals surface area contributed by atoms with E-state index in [9.17, 15) is 9.59 Å². The number of carbonyl (C=O) groups is 2. The van der Waals surface area contributed by atoms with Crippen LogP contribution in [0.1, 0.15) is 53.2 Å². The van der Waals surface area contributed by atoms with Crippen LogP contribution in [0.3, 0.4) is 0 Å². The summed E-state index contributed by atoms with van der Waals surface area (Å²) < 4.78 is 10.7. The molecular formula is C24H28N4O4. The molecule has 3 heterocycles. The Morgan fingerprint density at radius 2 is 2.00 bits per heavy atom. The highest BCUT2D eigenvalue weighted by molar-refractivity contribution is 5.92. The Hall–Kier alpha value is -3.55. The van der Waals surface area contributed by atoms with E-state index >= 15 is 0 Å². The van der Waals surface area contributed by atoms with Crippen LogP contribution in [0, 0.1) is 0 Å². The van der Waals surface area contributed by atoms with Gasteiger partial charge in [0.15, 0.2) is 0 Å².